The van der Waals surface area contributed by atoms with Gasteiger partial charge in [0.05, 0.1) is 7.11 Å². The minimum Gasteiger partial charge on any atom is -0.463 e. The van der Waals surface area contributed by atoms with E-state index in [2.05, 4.69) is 31.8 Å². The van der Waals surface area contributed by atoms with E-state index in [1.54, 1.807) is 6.07 Å². The van der Waals surface area contributed by atoms with Crippen LogP contribution in [0.5, 0.6) is 0 Å². The molecule has 0 saturated carbocycles. The van der Waals surface area contributed by atoms with Gasteiger partial charge in [0.15, 0.2) is 0 Å². The molecule has 0 aliphatic rings. The molecule has 1 aromatic heterocycles. The lowest BCUT2D eigenvalue weighted by Gasteiger charge is -2.14. The van der Waals surface area contributed by atoms with Crippen LogP contribution >= 0.6 is 0 Å². The largest absolute Gasteiger partial charge is 0.463 e. The van der Waals surface area contributed by atoms with Crippen LogP contribution < -0.4 is 5.32 Å². The van der Waals surface area contributed by atoms with Crippen LogP contribution in [0.25, 0.3) is 0 Å². The first kappa shape index (κ1) is 14.4. The van der Waals surface area contributed by atoms with Crippen LogP contribution in [0.15, 0.2) is 6.07 Å². The lowest BCUT2D eigenvalue weighted by molar-refractivity contribution is 0.0586. The Labute approximate surface area is 107 Å². The summed E-state index contributed by atoms with van der Waals surface area (Å²) in [6.45, 7) is 6.59. The summed E-state index contributed by atoms with van der Waals surface area (Å²) in [5.41, 5.74) is 0.733. The summed E-state index contributed by atoms with van der Waals surface area (Å²) in [6.07, 6.45) is 0. The molecule has 6 heteroatoms. The summed E-state index contributed by atoms with van der Waals surface area (Å²) in [5.74, 6) is 0.212. The standard InChI is InChI=1S/C12H20N4O2/c1-5-16(3)7-6-13-10-8-9(2)14-11(15-10)12(17)18-4/h8H,5-7H2,1-4H3,(H,13,14,15). The van der Waals surface area contributed by atoms with Crippen LogP contribution in [0, 0.1) is 6.92 Å². The van der Waals surface area contributed by atoms with Gasteiger partial charge in [-0.3, -0.25) is 0 Å². The average Bonchev–Trinajstić information content (AvgIpc) is 2.36. The molecule has 0 radical (unpaired) electrons. The molecule has 1 rings (SSSR count). The number of hydrogen-bond acceptors (Lipinski definition) is 6. The number of ether oxygens (including phenoxy) is 1. The Morgan fingerprint density at radius 3 is 2.83 bits per heavy atom. The third-order valence-electron chi connectivity index (χ3n) is 2.56. The molecule has 0 bridgehead atoms. The molecular formula is C12H20N4O2. The molecule has 6 nitrogen and oxygen atoms in total. The molecule has 0 atom stereocenters. The highest BCUT2D eigenvalue weighted by molar-refractivity contribution is 5.85. The number of likely N-dealkylation sites (N-methyl/N-ethyl adjacent to an activating group) is 1. The Kier molecular flexibility index (Phi) is 5.51. The molecule has 0 fully saturated rings. The van der Waals surface area contributed by atoms with Crippen molar-refractivity contribution in [3.8, 4) is 0 Å². The van der Waals surface area contributed by atoms with Crippen molar-refractivity contribution in [2.24, 2.45) is 0 Å². The van der Waals surface area contributed by atoms with Crippen molar-refractivity contribution in [3.63, 3.8) is 0 Å². The number of aromatic nitrogens is 2. The third kappa shape index (κ3) is 4.29. The van der Waals surface area contributed by atoms with E-state index in [1.807, 2.05) is 14.0 Å². The van der Waals surface area contributed by atoms with Crippen molar-refractivity contribution < 1.29 is 9.53 Å². The molecule has 0 unspecified atom stereocenters. The molecule has 0 saturated heterocycles. The molecule has 1 aromatic rings. The fourth-order valence-electron chi connectivity index (χ4n) is 1.37. The first-order valence-corrected chi connectivity index (χ1v) is 5.93. The minimum absolute atomic E-state index is 0.0869. The van der Waals surface area contributed by atoms with E-state index in [-0.39, 0.29) is 5.82 Å². The molecule has 1 N–H and O–H groups in total. The Morgan fingerprint density at radius 2 is 2.22 bits per heavy atom. The van der Waals surface area contributed by atoms with E-state index in [9.17, 15) is 4.79 Å². The number of hydrogen-bond donors (Lipinski definition) is 1. The molecule has 100 valence electrons. The second-order valence-corrected chi connectivity index (χ2v) is 4.03. The van der Waals surface area contributed by atoms with Crippen LogP contribution in [0.2, 0.25) is 0 Å². The number of carbonyl (C=O) groups excluding carboxylic acids is 1. The second kappa shape index (κ2) is 6.90. The Bertz CT molecular complexity index is 409. The lowest BCUT2D eigenvalue weighted by Crippen LogP contribution is -2.25. The number of nitrogens with zero attached hydrogens (tertiary/aromatic N) is 3. The van der Waals surface area contributed by atoms with Crippen molar-refractivity contribution in [1.29, 1.82) is 0 Å². The number of nitrogens with one attached hydrogen (secondary N) is 1. The SMILES string of the molecule is CCN(C)CCNc1cc(C)nc(C(=O)OC)n1. The van der Waals surface area contributed by atoms with Gasteiger partial charge < -0.3 is 15.0 Å². The zero-order chi connectivity index (χ0) is 13.5. The molecule has 1 heterocycles. The smallest absolute Gasteiger partial charge is 0.376 e. The summed E-state index contributed by atoms with van der Waals surface area (Å²) >= 11 is 0. The monoisotopic (exact) mass is 252 g/mol. The highest BCUT2D eigenvalue weighted by atomic mass is 16.5. The van der Waals surface area contributed by atoms with Crippen molar-refractivity contribution in [2.75, 3.05) is 39.1 Å². The summed E-state index contributed by atoms with van der Waals surface area (Å²) in [5, 5.41) is 3.17. The second-order valence-electron chi connectivity index (χ2n) is 4.03. The third-order valence-corrected chi connectivity index (χ3v) is 2.56. The van der Waals surface area contributed by atoms with Gasteiger partial charge in [-0.1, -0.05) is 6.92 Å². The van der Waals surface area contributed by atoms with Crippen LogP contribution in [-0.4, -0.2) is 54.6 Å². The van der Waals surface area contributed by atoms with E-state index in [0.29, 0.717) is 5.82 Å². The van der Waals surface area contributed by atoms with Crippen LogP contribution in [0.4, 0.5) is 5.82 Å². The minimum atomic E-state index is -0.521. The predicted octanol–water partition coefficient (Wildman–Crippen LogP) is 0.935. The van der Waals surface area contributed by atoms with E-state index in [1.165, 1.54) is 7.11 Å². The molecule has 0 aliphatic carbocycles. The van der Waals surface area contributed by atoms with Crippen molar-refractivity contribution >= 4 is 11.8 Å². The molecular weight excluding hydrogens is 232 g/mol. The normalized spacial score (nSPS) is 10.5. The highest BCUT2D eigenvalue weighted by Gasteiger charge is 2.11. The number of methoxy groups -OCH3 is 1. The first-order chi connectivity index (χ1) is 8.56. The van der Waals surface area contributed by atoms with E-state index >= 15 is 0 Å². The quantitative estimate of drug-likeness (QED) is 0.760. The van der Waals surface area contributed by atoms with Crippen LogP contribution in [-0.2, 0) is 4.74 Å². The summed E-state index contributed by atoms with van der Waals surface area (Å²) in [4.78, 5) is 21.7. The van der Waals surface area contributed by atoms with Crippen molar-refractivity contribution in [1.82, 2.24) is 14.9 Å². The van der Waals surface area contributed by atoms with Crippen molar-refractivity contribution in [3.05, 3.63) is 17.6 Å². The molecule has 0 aromatic carbocycles. The number of rotatable bonds is 6. The Hall–Kier alpha value is -1.69. The van der Waals surface area contributed by atoms with E-state index in [0.717, 1.165) is 25.3 Å². The molecule has 18 heavy (non-hydrogen) atoms. The Balaban J connectivity index is 2.65. The van der Waals surface area contributed by atoms with Gasteiger partial charge in [0.1, 0.15) is 5.82 Å². The maximum atomic E-state index is 11.4. The zero-order valence-corrected chi connectivity index (χ0v) is 11.4. The van der Waals surface area contributed by atoms with E-state index < -0.39 is 5.97 Å². The van der Waals surface area contributed by atoms with Gasteiger partial charge in [0, 0.05) is 24.8 Å². The molecule has 0 spiro atoms. The van der Waals surface area contributed by atoms with Gasteiger partial charge in [-0.25, -0.2) is 14.8 Å². The number of carbonyl (C=O) groups is 1. The maximum Gasteiger partial charge on any atom is 0.376 e. The van der Waals surface area contributed by atoms with Gasteiger partial charge in [0.25, 0.3) is 0 Å². The van der Waals surface area contributed by atoms with Gasteiger partial charge >= 0.3 is 5.97 Å². The first-order valence-electron chi connectivity index (χ1n) is 5.93. The van der Waals surface area contributed by atoms with Gasteiger partial charge in [-0.05, 0) is 20.5 Å². The lowest BCUT2D eigenvalue weighted by atomic mass is 10.4. The number of anilines is 1. The highest BCUT2D eigenvalue weighted by Crippen LogP contribution is 2.06. The summed E-state index contributed by atoms with van der Waals surface area (Å²) < 4.78 is 4.61. The fraction of sp³-hybridized carbons (Fsp3) is 0.583. The van der Waals surface area contributed by atoms with Gasteiger partial charge in [0.2, 0.25) is 5.82 Å². The van der Waals surface area contributed by atoms with Crippen LogP contribution in [0.1, 0.15) is 23.2 Å². The average molecular weight is 252 g/mol. The fourth-order valence-corrected chi connectivity index (χ4v) is 1.37. The number of aryl methyl sites for hydroxylation is 1. The van der Waals surface area contributed by atoms with Crippen molar-refractivity contribution in [2.45, 2.75) is 13.8 Å². The number of esters is 1. The maximum absolute atomic E-state index is 11.4. The summed E-state index contributed by atoms with van der Waals surface area (Å²) in [6, 6.07) is 1.80. The van der Waals surface area contributed by atoms with E-state index in [4.69, 9.17) is 0 Å². The van der Waals surface area contributed by atoms with Crippen LogP contribution in [0.3, 0.4) is 0 Å². The summed E-state index contributed by atoms with van der Waals surface area (Å²) in [7, 11) is 3.37. The predicted molar refractivity (Wildman–Crippen MR) is 69.8 cm³/mol. The van der Waals surface area contributed by atoms with Gasteiger partial charge in [-0.2, -0.15) is 0 Å². The molecule has 0 aliphatic heterocycles. The Morgan fingerprint density at radius 1 is 1.50 bits per heavy atom. The van der Waals surface area contributed by atoms with Gasteiger partial charge in [-0.15, -0.1) is 0 Å². The topological polar surface area (TPSA) is 67.4 Å². The molecule has 0 amide bonds. The zero-order valence-electron chi connectivity index (χ0n) is 11.4.